The first-order valence-corrected chi connectivity index (χ1v) is 8.82. The van der Waals surface area contributed by atoms with Crippen molar-refractivity contribution in [3.63, 3.8) is 0 Å². The minimum absolute atomic E-state index is 0.797. The second-order valence-electron chi connectivity index (χ2n) is 4.76. The standard InChI is InChI=1S/C14H23NS2/c1(2-4-7-14-8-5-10-17-14)3-6-13-12-16-11-9-15-13/h5,8,10,13,15H,1-4,6-7,9,11-12H2. The molecule has 0 radical (unpaired) electrons. The molecule has 0 spiro atoms. The molecule has 2 heterocycles. The van der Waals surface area contributed by atoms with E-state index in [1.165, 1.54) is 56.6 Å². The van der Waals surface area contributed by atoms with Gasteiger partial charge < -0.3 is 5.32 Å². The number of nitrogens with one attached hydrogen (secondary N) is 1. The molecule has 1 aliphatic heterocycles. The SMILES string of the molecule is c1csc(CCCCCCC2CSCCN2)c1. The van der Waals surface area contributed by atoms with Crippen LogP contribution in [-0.4, -0.2) is 24.1 Å². The van der Waals surface area contributed by atoms with Crippen LogP contribution in [0.4, 0.5) is 0 Å². The maximum Gasteiger partial charge on any atom is 0.0158 e. The van der Waals surface area contributed by atoms with Gasteiger partial charge in [-0.05, 0) is 30.7 Å². The van der Waals surface area contributed by atoms with Gasteiger partial charge in [-0.2, -0.15) is 11.8 Å². The highest BCUT2D eigenvalue weighted by molar-refractivity contribution is 7.99. The smallest absolute Gasteiger partial charge is 0.0158 e. The normalized spacial score (nSPS) is 20.6. The van der Waals surface area contributed by atoms with Crippen LogP contribution in [0.25, 0.3) is 0 Å². The quantitative estimate of drug-likeness (QED) is 0.752. The van der Waals surface area contributed by atoms with Crippen LogP contribution in [0.15, 0.2) is 17.5 Å². The molecule has 0 aromatic carbocycles. The minimum Gasteiger partial charge on any atom is -0.312 e. The molecule has 1 unspecified atom stereocenters. The van der Waals surface area contributed by atoms with E-state index in [4.69, 9.17) is 0 Å². The van der Waals surface area contributed by atoms with Crippen molar-refractivity contribution in [1.29, 1.82) is 0 Å². The highest BCUT2D eigenvalue weighted by Gasteiger charge is 2.11. The summed E-state index contributed by atoms with van der Waals surface area (Å²) in [6, 6.07) is 5.21. The lowest BCUT2D eigenvalue weighted by atomic mass is 10.1. The third kappa shape index (κ3) is 5.45. The molecule has 1 aromatic rings. The highest BCUT2D eigenvalue weighted by atomic mass is 32.2. The Bertz CT molecular complexity index is 278. The zero-order chi connectivity index (χ0) is 11.8. The van der Waals surface area contributed by atoms with Gasteiger partial charge in [-0.25, -0.2) is 0 Å². The van der Waals surface area contributed by atoms with Crippen LogP contribution in [0.5, 0.6) is 0 Å². The van der Waals surface area contributed by atoms with Crippen molar-refractivity contribution in [3.05, 3.63) is 22.4 Å². The second-order valence-corrected chi connectivity index (χ2v) is 6.94. The van der Waals surface area contributed by atoms with Crippen molar-refractivity contribution < 1.29 is 0 Å². The Morgan fingerprint density at radius 1 is 1.24 bits per heavy atom. The lowest BCUT2D eigenvalue weighted by molar-refractivity contribution is 0.492. The Balaban J connectivity index is 1.43. The molecule has 17 heavy (non-hydrogen) atoms. The van der Waals surface area contributed by atoms with Crippen molar-refractivity contribution in [2.45, 2.75) is 44.6 Å². The molecule has 3 heteroatoms. The van der Waals surface area contributed by atoms with Gasteiger partial charge in [0.1, 0.15) is 0 Å². The molecule has 1 aliphatic rings. The molecule has 1 N–H and O–H groups in total. The maximum atomic E-state index is 3.61. The minimum atomic E-state index is 0.797. The Hall–Kier alpha value is 0.01000. The molecule has 0 bridgehead atoms. The van der Waals surface area contributed by atoms with Crippen molar-refractivity contribution in [2.24, 2.45) is 0 Å². The van der Waals surface area contributed by atoms with Crippen LogP contribution in [0, 0.1) is 0 Å². The first kappa shape index (κ1) is 13.4. The van der Waals surface area contributed by atoms with Gasteiger partial charge in [0, 0.05) is 29.0 Å². The van der Waals surface area contributed by atoms with E-state index >= 15 is 0 Å². The van der Waals surface area contributed by atoms with Crippen LogP contribution in [-0.2, 0) is 6.42 Å². The Morgan fingerprint density at radius 3 is 2.94 bits per heavy atom. The fourth-order valence-electron chi connectivity index (χ4n) is 2.30. The number of thiophene rings is 1. The Labute approximate surface area is 113 Å². The van der Waals surface area contributed by atoms with Gasteiger partial charge in [-0.15, -0.1) is 11.3 Å². The molecule has 0 amide bonds. The first-order valence-electron chi connectivity index (χ1n) is 6.78. The number of unbranched alkanes of at least 4 members (excludes halogenated alkanes) is 3. The molecule has 1 aromatic heterocycles. The van der Waals surface area contributed by atoms with Gasteiger partial charge in [0.15, 0.2) is 0 Å². The summed E-state index contributed by atoms with van der Waals surface area (Å²) in [7, 11) is 0. The summed E-state index contributed by atoms with van der Waals surface area (Å²) < 4.78 is 0. The van der Waals surface area contributed by atoms with Gasteiger partial charge in [-0.1, -0.05) is 25.3 Å². The van der Waals surface area contributed by atoms with E-state index in [0.29, 0.717) is 0 Å². The van der Waals surface area contributed by atoms with E-state index < -0.39 is 0 Å². The first-order chi connectivity index (χ1) is 8.45. The number of thioether (sulfide) groups is 1. The van der Waals surface area contributed by atoms with Crippen molar-refractivity contribution in [1.82, 2.24) is 5.32 Å². The van der Waals surface area contributed by atoms with E-state index in [1.54, 1.807) is 4.88 Å². The average molecular weight is 269 g/mol. The van der Waals surface area contributed by atoms with E-state index in [9.17, 15) is 0 Å². The molecular formula is C14H23NS2. The van der Waals surface area contributed by atoms with Crippen LogP contribution in [0.1, 0.15) is 37.0 Å². The van der Waals surface area contributed by atoms with Crippen LogP contribution in [0.3, 0.4) is 0 Å². The van der Waals surface area contributed by atoms with Crippen molar-refractivity contribution in [2.75, 3.05) is 18.1 Å². The van der Waals surface area contributed by atoms with E-state index in [2.05, 4.69) is 34.6 Å². The number of hydrogen-bond acceptors (Lipinski definition) is 3. The predicted octanol–water partition coefficient (Wildman–Crippen LogP) is 3.95. The van der Waals surface area contributed by atoms with Crippen molar-refractivity contribution in [3.8, 4) is 0 Å². The predicted molar refractivity (Wildman–Crippen MR) is 80.2 cm³/mol. The van der Waals surface area contributed by atoms with Gasteiger partial charge >= 0.3 is 0 Å². The van der Waals surface area contributed by atoms with Crippen LogP contribution in [0.2, 0.25) is 0 Å². The summed E-state index contributed by atoms with van der Waals surface area (Å²) in [6.07, 6.45) is 8.25. The van der Waals surface area contributed by atoms with E-state index in [-0.39, 0.29) is 0 Å². The topological polar surface area (TPSA) is 12.0 Å². The molecule has 0 aliphatic carbocycles. The summed E-state index contributed by atoms with van der Waals surface area (Å²) in [6.45, 7) is 1.22. The lowest BCUT2D eigenvalue weighted by Crippen LogP contribution is -2.37. The summed E-state index contributed by atoms with van der Waals surface area (Å²) >= 11 is 4.01. The Kier molecular flexibility index (Phi) is 6.46. The van der Waals surface area contributed by atoms with Crippen molar-refractivity contribution >= 4 is 23.1 Å². The zero-order valence-corrected chi connectivity index (χ0v) is 12.1. The summed E-state index contributed by atoms with van der Waals surface area (Å²) in [5.41, 5.74) is 0. The molecule has 0 saturated carbocycles. The Morgan fingerprint density at radius 2 is 2.18 bits per heavy atom. The molecule has 1 atom stereocenters. The molecule has 96 valence electrons. The second kappa shape index (κ2) is 8.17. The fraction of sp³-hybridized carbons (Fsp3) is 0.714. The third-order valence-electron chi connectivity index (χ3n) is 3.30. The van der Waals surface area contributed by atoms with E-state index in [0.717, 1.165) is 6.04 Å². The number of rotatable bonds is 7. The van der Waals surface area contributed by atoms with Gasteiger partial charge in [0.05, 0.1) is 0 Å². The van der Waals surface area contributed by atoms with Gasteiger partial charge in [0.25, 0.3) is 0 Å². The van der Waals surface area contributed by atoms with E-state index in [1.807, 2.05) is 11.3 Å². The maximum absolute atomic E-state index is 3.61. The van der Waals surface area contributed by atoms with Gasteiger partial charge in [-0.3, -0.25) is 0 Å². The zero-order valence-electron chi connectivity index (χ0n) is 10.5. The molecule has 1 fully saturated rings. The van der Waals surface area contributed by atoms with Gasteiger partial charge in [0.2, 0.25) is 0 Å². The average Bonchev–Trinajstić information content (AvgIpc) is 2.88. The molecule has 1 nitrogen and oxygen atoms in total. The molecular weight excluding hydrogens is 246 g/mol. The van der Waals surface area contributed by atoms with Crippen LogP contribution >= 0.6 is 23.1 Å². The summed E-state index contributed by atoms with van der Waals surface area (Å²) in [5, 5.41) is 5.80. The monoisotopic (exact) mass is 269 g/mol. The number of hydrogen-bond donors (Lipinski definition) is 1. The summed E-state index contributed by atoms with van der Waals surface area (Å²) in [4.78, 5) is 1.55. The summed E-state index contributed by atoms with van der Waals surface area (Å²) in [5.74, 6) is 2.63. The van der Waals surface area contributed by atoms with Crippen LogP contribution < -0.4 is 5.32 Å². The number of aryl methyl sites for hydroxylation is 1. The molecule has 2 rings (SSSR count). The lowest BCUT2D eigenvalue weighted by Gasteiger charge is -2.22. The highest BCUT2D eigenvalue weighted by Crippen LogP contribution is 2.16. The molecule has 1 saturated heterocycles. The fourth-order valence-corrected chi connectivity index (χ4v) is 4.05. The third-order valence-corrected chi connectivity index (χ3v) is 5.37. The largest absolute Gasteiger partial charge is 0.312 e.